The molecule has 17 nitrogen and oxygen atoms in total. The topological polar surface area (TPSA) is 237 Å². The molecule has 0 radical (unpaired) electrons. The van der Waals surface area contributed by atoms with Crippen molar-refractivity contribution >= 4 is 39.5 Å². The van der Waals surface area contributed by atoms with Gasteiger partial charge < -0.3 is 33.8 Å². The van der Waals surface area contributed by atoms with Crippen molar-refractivity contribution in [1.29, 1.82) is 0 Å². The van der Waals surface area contributed by atoms with Crippen LogP contribution in [-0.4, -0.2) is 96.7 Å². The van der Waals surface area contributed by atoms with Gasteiger partial charge in [0.15, 0.2) is 12.2 Å². The number of carbonyl (C=O) groups is 4. The van der Waals surface area contributed by atoms with Gasteiger partial charge in [-0.3, -0.25) is 37.3 Å². The van der Waals surface area contributed by atoms with E-state index in [0.717, 1.165) is 102 Å². The van der Waals surface area contributed by atoms with Gasteiger partial charge in [0.2, 0.25) is 0 Å². The average Bonchev–Trinajstić information content (AvgIpc) is 3.41. The Kier molecular flexibility index (Phi) is 51.5. The molecule has 0 aromatic heterocycles. The van der Waals surface area contributed by atoms with E-state index in [1.165, 1.54) is 103 Å². The highest BCUT2D eigenvalue weighted by atomic mass is 31.2. The van der Waals surface area contributed by atoms with Crippen LogP contribution in [0.1, 0.15) is 292 Å². The molecule has 0 bridgehead atoms. The predicted molar refractivity (Wildman–Crippen MR) is 312 cm³/mol. The lowest BCUT2D eigenvalue weighted by Crippen LogP contribution is -2.30. The number of aliphatic hydroxyl groups excluding tert-OH is 1. The maximum atomic E-state index is 12.9. The maximum Gasteiger partial charge on any atom is 0.472 e. The summed E-state index contributed by atoms with van der Waals surface area (Å²) in [5.74, 6) is -0.706. The van der Waals surface area contributed by atoms with Gasteiger partial charge in [0, 0.05) is 25.7 Å². The minimum Gasteiger partial charge on any atom is -0.462 e. The molecule has 19 heteroatoms. The second kappa shape index (κ2) is 52.8. The zero-order chi connectivity index (χ0) is 58.7. The summed E-state index contributed by atoms with van der Waals surface area (Å²) >= 11 is 0. The van der Waals surface area contributed by atoms with Crippen molar-refractivity contribution in [1.82, 2.24) is 0 Å². The van der Waals surface area contributed by atoms with Gasteiger partial charge in [-0.15, -0.1) is 0 Å². The molecule has 0 aromatic rings. The van der Waals surface area contributed by atoms with Crippen LogP contribution in [0.2, 0.25) is 0 Å². The molecule has 3 N–H and O–H groups in total. The average molecular weight is 1170 g/mol. The third-order valence-electron chi connectivity index (χ3n) is 14.1. The molecule has 0 aliphatic heterocycles. The Hall–Kier alpha value is -1.94. The van der Waals surface area contributed by atoms with E-state index in [9.17, 15) is 43.2 Å². The third-order valence-corrected chi connectivity index (χ3v) is 16.0. The quantitative estimate of drug-likeness (QED) is 0.0222. The van der Waals surface area contributed by atoms with Crippen LogP contribution in [0.5, 0.6) is 0 Å². The van der Waals surface area contributed by atoms with E-state index in [4.69, 9.17) is 37.0 Å². The van der Waals surface area contributed by atoms with Gasteiger partial charge in [0.1, 0.15) is 19.3 Å². The van der Waals surface area contributed by atoms with Crippen LogP contribution in [0.25, 0.3) is 0 Å². The summed E-state index contributed by atoms with van der Waals surface area (Å²) in [5.41, 5.74) is 0. The number of aliphatic hydroxyl groups is 1. The zero-order valence-corrected chi connectivity index (χ0v) is 52.4. The largest absolute Gasteiger partial charge is 0.472 e. The van der Waals surface area contributed by atoms with Crippen LogP contribution in [-0.2, 0) is 65.4 Å². The predicted octanol–water partition coefficient (Wildman–Crippen LogP) is 16.1. The number of phosphoric acid groups is 2. The normalized spacial score (nSPS) is 14.8. The molecule has 0 saturated heterocycles. The third kappa shape index (κ3) is 53.8. The molecular formula is C60H116O17P2. The molecule has 0 spiro atoms. The van der Waals surface area contributed by atoms with E-state index in [-0.39, 0.29) is 25.7 Å². The summed E-state index contributed by atoms with van der Waals surface area (Å²) in [6.45, 7) is 9.28. The van der Waals surface area contributed by atoms with Gasteiger partial charge in [-0.1, -0.05) is 241 Å². The Morgan fingerprint density at radius 3 is 0.962 bits per heavy atom. The number of hydrogen-bond donors (Lipinski definition) is 3. The lowest BCUT2D eigenvalue weighted by molar-refractivity contribution is -0.161. The molecule has 0 saturated carbocycles. The summed E-state index contributed by atoms with van der Waals surface area (Å²) in [5, 5.41) is 10.5. The van der Waals surface area contributed by atoms with Crippen molar-refractivity contribution in [3.8, 4) is 0 Å². The first-order valence-corrected chi connectivity index (χ1v) is 34.5. The van der Waals surface area contributed by atoms with E-state index in [1.807, 2.05) is 0 Å². The van der Waals surface area contributed by atoms with Gasteiger partial charge in [0.25, 0.3) is 0 Å². The molecule has 0 aromatic carbocycles. The molecule has 468 valence electrons. The Morgan fingerprint density at radius 1 is 0.367 bits per heavy atom. The Labute approximate surface area is 479 Å². The van der Waals surface area contributed by atoms with Crippen molar-refractivity contribution in [2.45, 2.75) is 310 Å². The fraction of sp³-hybridized carbons (Fsp3) is 0.933. The van der Waals surface area contributed by atoms with Crippen LogP contribution in [0.3, 0.4) is 0 Å². The van der Waals surface area contributed by atoms with Gasteiger partial charge in [-0.05, 0) is 37.5 Å². The van der Waals surface area contributed by atoms with Crippen molar-refractivity contribution in [2.24, 2.45) is 11.8 Å². The highest BCUT2D eigenvalue weighted by Gasteiger charge is 2.30. The minimum absolute atomic E-state index is 0.101. The summed E-state index contributed by atoms with van der Waals surface area (Å²) < 4.78 is 67.6. The van der Waals surface area contributed by atoms with Crippen molar-refractivity contribution in [2.75, 3.05) is 39.6 Å². The van der Waals surface area contributed by atoms with Crippen LogP contribution >= 0.6 is 15.6 Å². The second-order valence-corrected chi connectivity index (χ2v) is 25.4. The fourth-order valence-electron chi connectivity index (χ4n) is 8.79. The molecule has 0 aliphatic carbocycles. The second-order valence-electron chi connectivity index (χ2n) is 22.5. The molecular weight excluding hydrogens is 1050 g/mol. The molecule has 3 unspecified atom stereocenters. The first-order valence-electron chi connectivity index (χ1n) is 31.5. The van der Waals surface area contributed by atoms with E-state index >= 15 is 0 Å². The summed E-state index contributed by atoms with van der Waals surface area (Å²) in [6, 6.07) is 0. The van der Waals surface area contributed by atoms with E-state index in [0.29, 0.717) is 31.6 Å². The molecule has 6 atom stereocenters. The maximum absolute atomic E-state index is 12.9. The summed E-state index contributed by atoms with van der Waals surface area (Å²) in [4.78, 5) is 71.8. The van der Waals surface area contributed by atoms with Crippen LogP contribution < -0.4 is 0 Å². The van der Waals surface area contributed by atoms with Gasteiger partial charge >= 0.3 is 39.5 Å². The molecule has 0 fully saturated rings. The Bertz CT molecular complexity index is 1570. The van der Waals surface area contributed by atoms with Crippen LogP contribution in [0, 0.1) is 11.8 Å². The highest BCUT2D eigenvalue weighted by Crippen LogP contribution is 2.45. The first-order chi connectivity index (χ1) is 37.9. The molecule has 0 aliphatic rings. The SMILES string of the molecule is CCCCCCCCCCCCCCCC(=O)O[C@H](COC(=O)CCCCCCCCCCC(C)CC)COP(=O)(O)OC[C@@H](O)COP(=O)(O)OC[C@@H](COC(=O)CCCCCCC)OC(=O)CCCCCCCCC(C)C. The Morgan fingerprint density at radius 2 is 0.646 bits per heavy atom. The number of rotatable bonds is 59. The molecule has 0 amide bonds. The minimum atomic E-state index is -4.94. The fourth-order valence-corrected chi connectivity index (χ4v) is 10.4. The Balaban J connectivity index is 5.19. The van der Waals surface area contributed by atoms with Crippen molar-refractivity contribution in [3.63, 3.8) is 0 Å². The van der Waals surface area contributed by atoms with Crippen LogP contribution in [0.4, 0.5) is 0 Å². The number of hydrogen-bond acceptors (Lipinski definition) is 15. The molecule has 0 rings (SSSR count). The van der Waals surface area contributed by atoms with Gasteiger partial charge in [-0.2, -0.15) is 0 Å². The van der Waals surface area contributed by atoms with E-state index in [1.54, 1.807) is 0 Å². The number of unbranched alkanes of at least 4 members (excludes halogenated alkanes) is 28. The number of ether oxygens (including phenoxy) is 4. The zero-order valence-electron chi connectivity index (χ0n) is 50.7. The van der Waals surface area contributed by atoms with Gasteiger partial charge in [-0.25, -0.2) is 9.13 Å². The van der Waals surface area contributed by atoms with E-state index in [2.05, 4.69) is 41.5 Å². The number of phosphoric ester groups is 2. The first kappa shape index (κ1) is 77.1. The number of esters is 4. The van der Waals surface area contributed by atoms with Crippen LogP contribution in [0.15, 0.2) is 0 Å². The lowest BCUT2D eigenvalue weighted by atomic mass is 9.99. The highest BCUT2D eigenvalue weighted by molar-refractivity contribution is 7.47. The standard InChI is InChI=1S/C60H116O17P2/c1-7-10-12-14-15-16-17-18-19-20-25-32-38-44-59(64)76-56(49-71-58(63)43-37-31-24-22-21-23-30-35-41-53(6)9-3)51-75-79(68,69)73-47-54(61)46-72-78(66,67)74-50-55(48-70-57(62)42-36-28-13-11-8-2)77-60(65)45-39-33-27-26-29-34-40-52(4)5/h52-56,61H,7-51H2,1-6H3,(H,66,67)(H,68,69)/t53?,54-,55+,56+/m0/s1. The summed E-state index contributed by atoms with van der Waals surface area (Å²) in [7, 11) is -9.87. The van der Waals surface area contributed by atoms with E-state index < -0.39 is 97.5 Å². The van der Waals surface area contributed by atoms with Crippen molar-refractivity contribution in [3.05, 3.63) is 0 Å². The van der Waals surface area contributed by atoms with Gasteiger partial charge in [0.05, 0.1) is 26.4 Å². The number of carbonyl (C=O) groups excluding carboxylic acids is 4. The molecule has 0 heterocycles. The van der Waals surface area contributed by atoms with Crippen molar-refractivity contribution < 1.29 is 80.2 Å². The smallest absolute Gasteiger partial charge is 0.462 e. The molecule has 79 heavy (non-hydrogen) atoms. The lowest BCUT2D eigenvalue weighted by Gasteiger charge is -2.21. The monoisotopic (exact) mass is 1170 g/mol. The summed E-state index contributed by atoms with van der Waals surface area (Å²) in [6.07, 6.45) is 33.9.